The summed E-state index contributed by atoms with van der Waals surface area (Å²) in [7, 11) is 0. The Morgan fingerprint density at radius 2 is 1.14 bits per heavy atom. The van der Waals surface area contributed by atoms with Crippen molar-refractivity contribution in [3.63, 3.8) is 0 Å². The normalized spacial score (nSPS) is 40.0. The van der Waals surface area contributed by atoms with Gasteiger partial charge in [-0.05, 0) is 73.8 Å². The van der Waals surface area contributed by atoms with E-state index in [4.69, 9.17) is 24.4 Å². The maximum absolute atomic E-state index is 5.35. The molecule has 0 heterocycles. The molecule has 0 radical (unpaired) electrons. The molecule has 0 aromatic carbocycles. The van der Waals surface area contributed by atoms with Crippen LogP contribution in [-0.2, 0) is 0 Å². The number of thiocarbonyl (C=S) groups is 2. The molecule has 0 unspecified atom stereocenters. The molecule has 4 rings (SSSR count). The van der Waals surface area contributed by atoms with E-state index in [9.17, 15) is 0 Å². The Labute approximate surface area is 142 Å². The van der Waals surface area contributed by atoms with E-state index in [1.165, 1.54) is 25.7 Å². The lowest BCUT2D eigenvalue weighted by Gasteiger charge is -2.24. The Bertz CT molecular complexity index is 496. The molecule has 4 nitrogen and oxygen atoms in total. The molecule has 4 aliphatic carbocycles. The lowest BCUT2D eigenvalue weighted by atomic mass is 10.0. The van der Waals surface area contributed by atoms with Gasteiger partial charge in [-0.3, -0.25) is 10.9 Å². The molecule has 0 aromatic heterocycles. The summed E-state index contributed by atoms with van der Waals surface area (Å²) in [6, 6.07) is 0.933. The first-order chi connectivity index (χ1) is 10.7. The van der Waals surface area contributed by atoms with Crippen molar-refractivity contribution < 1.29 is 0 Å². The van der Waals surface area contributed by atoms with Crippen LogP contribution in [0.3, 0.4) is 0 Å². The number of hydrogen-bond acceptors (Lipinski definition) is 2. The van der Waals surface area contributed by atoms with E-state index in [1.807, 2.05) is 0 Å². The Morgan fingerprint density at radius 1 is 0.682 bits per heavy atom. The maximum Gasteiger partial charge on any atom is 0.185 e. The smallest absolute Gasteiger partial charge is 0.185 e. The number of hydrogen-bond donors (Lipinski definition) is 4. The molecular formula is C16H22N4S2. The molecule has 0 aromatic rings. The lowest BCUT2D eigenvalue weighted by Crippen LogP contribution is -2.54. The Kier molecular flexibility index (Phi) is 3.82. The molecule has 118 valence electrons. The predicted octanol–water partition coefficient (Wildman–Crippen LogP) is 1.76. The summed E-state index contributed by atoms with van der Waals surface area (Å²) in [5.74, 6) is 2.75. The van der Waals surface area contributed by atoms with Gasteiger partial charge in [0.1, 0.15) is 0 Å². The zero-order valence-electron chi connectivity index (χ0n) is 12.4. The predicted molar refractivity (Wildman–Crippen MR) is 96.0 cm³/mol. The van der Waals surface area contributed by atoms with Gasteiger partial charge in [-0.15, -0.1) is 0 Å². The van der Waals surface area contributed by atoms with Gasteiger partial charge in [-0.1, -0.05) is 24.3 Å². The maximum atomic E-state index is 5.35. The highest BCUT2D eigenvalue weighted by Crippen LogP contribution is 2.39. The van der Waals surface area contributed by atoms with Crippen LogP contribution in [0.25, 0.3) is 0 Å². The van der Waals surface area contributed by atoms with Crippen molar-refractivity contribution in [3.8, 4) is 0 Å². The second-order valence-corrected chi connectivity index (χ2v) is 7.79. The minimum atomic E-state index is 0.467. The third kappa shape index (κ3) is 2.86. The van der Waals surface area contributed by atoms with E-state index in [1.54, 1.807) is 0 Å². The summed E-state index contributed by atoms with van der Waals surface area (Å²) in [6.07, 6.45) is 14.2. The van der Waals surface area contributed by atoms with Gasteiger partial charge in [-0.25, -0.2) is 0 Å². The fourth-order valence-corrected chi connectivity index (χ4v) is 4.82. The second-order valence-electron chi connectivity index (χ2n) is 6.97. The van der Waals surface area contributed by atoms with Crippen molar-refractivity contribution >= 4 is 34.7 Å². The molecule has 0 saturated heterocycles. The molecular weight excluding hydrogens is 312 g/mol. The topological polar surface area (TPSA) is 48.1 Å². The third-order valence-corrected chi connectivity index (χ3v) is 5.92. The van der Waals surface area contributed by atoms with Gasteiger partial charge < -0.3 is 10.6 Å². The summed E-state index contributed by atoms with van der Waals surface area (Å²) < 4.78 is 0. The highest BCUT2D eigenvalue weighted by Gasteiger charge is 2.36. The van der Waals surface area contributed by atoms with Crippen LogP contribution in [0.2, 0.25) is 0 Å². The molecule has 0 aliphatic heterocycles. The van der Waals surface area contributed by atoms with E-state index >= 15 is 0 Å². The highest BCUT2D eigenvalue weighted by atomic mass is 32.1. The molecule has 4 N–H and O–H groups in total. The van der Waals surface area contributed by atoms with Crippen molar-refractivity contribution in [2.24, 2.45) is 23.7 Å². The SMILES string of the molecule is S=C(NNC(=S)N[C@@H]1C[C@H]2C=C[C@H]1C2)N[C@H]1C[C@H]2C=C[C@@H]1C2. The van der Waals surface area contributed by atoms with Gasteiger partial charge in [0.15, 0.2) is 10.2 Å². The van der Waals surface area contributed by atoms with Crippen molar-refractivity contribution in [2.45, 2.75) is 37.8 Å². The molecule has 22 heavy (non-hydrogen) atoms. The van der Waals surface area contributed by atoms with E-state index < -0.39 is 0 Å². The molecule has 0 amide bonds. The van der Waals surface area contributed by atoms with E-state index in [0.29, 0.717) is 34.1 Å². The first-order valence-corrected chi connectivity index (χ1v) is 8.98. The zero-order chi connectivity index (χ0) is 15.1. The van der Waals surface area contributed by atoms with Crippen LogP contribution in [0.15, 0.2) is 24.3 Å². The number of fused-ring (bicyclic) bond motifs is 4. The molecule has 4 bridgehead atoms. The molecule has 4 aliphatic rings. The van der Waals surface area contributed by atoms with Crippen LogP contribution < -0.4 is 21.5 Å². The second kappa shape index (κ2) is 5.81. The number of nitrogens with one attached hydrogen (secondary N) is 4. The van der Waals surface area contributed by atoms with Crippen LogP contribution in [0, 0.1) is 23.7 Å². The minimum absolute atomic E-state index is 0.467. The van der Waals surface area contributed by atoms with Gasteiger partial charge in [0.25, 0.3) is 0 Å². The zero-order valence-corrected chi connectivity index (χ0v) is 14.1. The third-order valence-electron chi connectivity index (χ3n) is 5.48. The van der Waals surface area contributed by atoms with Crippen LogP contribution >= 0.6 is 24.4 Å². The molecule has 0 spiro atoms. The summed E-state index contributed by atoms with van der Waals surface area (Å²) in [6.45, 7) is 0. The molecule has 2 saturated carbocycles. The van der Waals surface area contributed by atoms with Crippen molar-refractivity contribution in [2.75, 3.05) is 0 Å². The Hall–Kier alpha value is -1.14. The van der Waals surface area contributed by atoms with Crippen molar-refractivity contribution in [1.82, 2.24) is 21.5 Å². The highest BCUT2D eigenvalue weighted by molar-refractivity contribution is 7.80. The van der Waals surface area contributed by atoms with Crippen LogP contribution in [-0.4, -0.2) is 22.3 Å². The van der Waals surface area contributed by atoms with E-state index in [0.717, 1.165) is 11.8 Å². The fourth-order valence-electron chi connectivity index (χ4n) is 4.42. The first kappa shape index (κ1) is 14.5. The molecule has 6 heteroatoms. The first-order valence-electron chi connectivity index (χ1n) is 8.17. The van der Waals surface area contributed by atoms with E-state index in [-0.39, 0.29) is 0 Å². The minimum Gasteiger partial charge on any atom is -0.358 e. The van der Waals surface area contributed by atoms with Crippen LogP contribution in [0.4, 0.5) is 0 Å². The van der Waals surface area contributed by atoms with Gasteiger partial charge in [-0.2, -0.15) is 0 Å². The summed E-state index contributed by atoms with van der Waals surface area (Å²) >= 11 is 10.7. The van der Waals surface area contributed by atoms with Crippen molar-refractivity contribution in [3.05, 3.63) is 24.3 Å². The van der Waals surface area contributed by atoms with Gasteiger partial charge in [0.05, 0.1) is 0 Å². The summed E-state index contributed by atoms with van der Waals surface area (Å²) in [5, 5.41) is 8.04. The summed E-state index contributed by atoms with van der Waals surface area (Å²) in [5.41, 5.74) is 6.02. The largest absolute Gasteiger partial charge is 0.358 e. The van der Waals surface area contributed by atoms with Gasteiger partial charge in [0.2, 0.25) is 0 Å². The quantitative estimate of drug-likeness (QED) is 0.351. The van der Waals surface area contributed by atoms with E-state index in [2.05, 4.69) is 45.8 Å². The van der Waals surface area contributed by atoms with Gasteiger partial charge >= 0.3 is 0 Å². The average molecular weight is 335 g/mol. The van der Waals surface area contributed by atoms with Crippen LogP contribution in [0.5, 0.6) is 0 Å². The monoisotopic (exact) mass is 334 g/mol. The van der Waals surface area contributed by atoms with Crippen LogP contribution in [0.1, 0.15) is 25.7 Å². The number of allylic oxidation sites excluding steroid dienone is 2. The number of hydrazine groups is 1. The van der Waals surface area contributed by atoms with Gasteiger partial charge in [0, 0.05) is 12.1 Å². The summed E-state index contributed by atoms with van der Waals surface area (Å²) in [4.78, 5) is 0. The number of rotatable bonds is 2. The average Bonchev–Trinajstić information content (AvgIpc) is 3.25. The lowest BCUT2D eigenvalue weighted by molar-refractivity contribution is 0.510. The Balaban J connectivity index is 1.18. The standard InChI is InChI=1S/C16H22N4S2/c21-15(17-13-7-9-1-3-11(13)5-9)19-20-16(22)18-14-8-10-2-4-12(14)6-10/h1-4,9-14H,5-8H2,(H2,17,19,21)(H2,18,20,22)/t9-,10-,11-,12+,13+,14-/m0/s1. The molecule has 6 atom stereocenters. The Morgan fingerprint density at radius 3 is 1.45 bits per heavy atom. The fraction of sp³-hybridized carbons (Fsp3) is 0.625. The van der Waals surface area contributed by atoms with Crippen molar-refractivity contribution in [1.29, 1.82) is 0 Å². The molecule has 2 fully saturated rings.